The van der Waals surface area contributed by atoms with Crippen LogP contribution in [0.3, 0.4) is 0 Å². The molecule has 212 valence electrons. The van der Waals surface area contributed by atoms with Gasteiger partial charge in [0.25, 0.3) is 0 Å². The maximum Gasteiger partial charge on any atom is 0.335 e. The molecule has 1 aliphatic carbocycles. The van der Waals surface area contributed by atoms with E-state index in [1.54, 1.807) is 0 Å². The third-order valence-corrected chi connectivity index (χ3v) is 7.29. The summed E-state index contributed by atoms with van der Waals surface area (Å²) in [6.07, 6.45) is 3.07. The molecule has 0 amide bonds. The predicted octanol–water partition coefficient (Wildman–Crippen LogP) is 5.28. The first-order valence-corrected chi connectivity index (χ1v) is 13.9. The van der Waals surface area contributed by atoms with Crippen molar-refractivity contribution in [3.05, 3.63) is 11.1 Å². The van der Waals surface area contributed by atoms with Crippen molar-refractivity contribution >= 4 is 23.9 Å². The first-order chi connectivity index (χ1) is 17.5. The van der Waals surface area contributed by atoms with E-state index in [2.05, 4.69) is 0 Å². The Morgan fingerprint density at radius 1 is 0.622 bits per heavy atom. The van der Waals surface area contributed by atoms with Crippen LogP contribution >= 0.6 is 0 Å². The molecule has 0 aromatic carbocycles. The van der Waals surface area contributed by atoms with Gasteiger partial charge in [0.05, 0.1) is 37.9 Å². The largest absolute Gasteiger partial charge is 0.465 e. The quantitative estimate of drug-likeness (QED) is 0.198. The summed E-state index contributed by atoms with van der Waals surface area (Å²) in [6.45, 7) is 16.3. The van der Waals surface area contributed by atoms with Gasteiger partial charge in [-0.2, -0.15) is 0 Å². The van der Waals surface area contributed by atoms with Gasteiger partial charge >= 0.3 is 23.9 Å². The Kier molecular flexibility index (Phi) is 14.5. The zero-order valence-corrected chi connectivity index (χ0v) is 24.1. The molecule has 0 radical (unpaired) electrons. The SMILES string of the molecule is CCC(C)COC(=O)C1=C(C(=O)OCC(C)CC)C(C(=O)OCC(C)CC)C(C(=O)OCC(C)CC)C1. The van der Waals surface area contributed by atoms with E-state index in [0.717, 1.165) is 25.7 Å². The first kappa shape index (κ1) is 32.6. The summed E-state index contributed by atoms with van der Waals surface area (Å²) in [7, 11) is 0. The fourth-order valence-electron chi connectivity index (χ4n) is 3.50. The lowest BCUT2D eigenvalue weighted by Gasteiger charge is -2.22. The van der Waals surface area contributed by atoms with Crippen LogP contribution in [0.15, 0.2) is 11.1 Å². The molecule has 0 saturated carbocycles. The third-order valence-electron chi connectivity index (χ3n) is 7.29. The van der Waals surface area contributed by atoms with Crippen molar-refractivity contribution in [2.45, 2.75) is 87.5 Å². The second-order valence-corrected chi connectivity index (χ2v) is 10.7. The Morgan fingerprint density at radius 3 is 1.43 bits per heavy atom. The highest BCUT2D eigenvalue weighted by Gasteiger charge is 2.50. The van der Waals surface area contributed by atoms with Crippen molar-refractivity contribution in [3.63, 3.8) is 0 Å². The lowest BCUT2D eigenvalue weighted by molar-refractivity contribution is -0.161. The van der Waals surface area contributed by atoms with Crippen molar-refractivity contribution in [2.75, 3.05) is 26.4 Å². The van der Waals surface area contributed by atoms with Gasteiger partial charge in [-0.1, -0.05) is 81.1 Å². The predicted molar refractivity (Wildman–Crippen MR) is 140 cm³/mol. The fraction of sp³-hybridized carbons (Fsp3) is 0.793. The van der Waals surface area contributed by atoms with Gasteiger partial charge in [0.2, 0.25) is 0 Å². The summed E-state index contributed by atoms with van der Waals surface area (Å²) in [4.78, 5) is 53.0. The maximum atomic E-state index is 13.3. The van der Waals surface area contributed by atoms with E-state index in [-0.39, 0.29) is 67.7 Å². The molecule has 1 rings (SSSR count). The van der Waals surface area contributed by atoms with Gasteiger partial charge in [0, 0.05) is 5.57 Å². The first-order valence-electron chi connectivity index (χ1n) is 13.9. The molecule has 6 unspecified atom stereocenters. The summed E-state index contributed by atoms with van der Waals surface area (Å²) in [5, 5.41) is 0. The van der Waals surface area contributed by atoms with Crippen LogP contribution in [0.5, 0.6) is 0 Å². The summed E-state index contributed by atoms with van der Waals surface area (Å²) < 4.78 is 22.0. The van der Waals surface area contributed by atoms with Crippen molar-refractivity contribution in [2.24, 2.45) is 35.5 Å². The molecule has 0 fully saturated rings. The average molecular weight is 525 g/mol. The van der Waals surface area contributed by atoms with Gasteiger partial charge in [-0.3, -0.25) is 9.59 Å². The highest BCUT2D eigenvalue weighted by atomic mass is 16.6. The Morgan fingerprint density at radius 2 is 1.00 bits per heavy atom. The molecule has 0 aliphatic heterocycles. The molecule has 0 spiro atoms. The minimum atomic E-state index is -1.29. The van der Waals surface area contributed by atoms with Crippen LogP contribution in [0.1, 0.15) is 87.5 Å². The van der Waals surface area contributed by atoms with Crippen LogP contribution in [0.4, 0.5) is 0 Å². The molecular weight excluding hydrogens is 476 g/mol. The Hall–Kier alpha value is -2.38. The van der Waals surface area contributed by atoms with Crippen LogP contribution in [-0.2, 0) is 38.1 Å². The third kappa shape index (κ3) is 10.1. The fourth-order valence-corrected chi connectivity index (χ4v) is 3.50. The number of carbonyl (C=O) groups excluding carboxylic acids is 4. The van der Waals surface area contributed by atoms with Gasteiger partial charge in [0.15, 0.2) is 0 Å². The van der Waals surface area contributed by atoms with Gasteiger partial charge < -0.3 is 18.9 Å². The molecule has 0 aromatic rings. The molecule has 1 aliphatic rings. The van der Waals surface area contributed by atoms with Crippen molar-refractivity contribution in [1.82, 2.24) is 0 Å². The molecule has 0 heterocycles. The van der Waals surface area contributed by atoms with Gasteiger partial charge in [0.1, 0.15) is 5.92 Å². The molecule has 0 saturated heterocycles. The van der Waals surface area contributed by atoms with E-state index >= 15 is 0 Å². The second-order valence-electron chi connectivity index (χ2n) is 10.7. The Labute approximate surface area is 222 Å². The zero-order valence-electron chi connectivity index (χ0n) is 24.1. The topological polar surface area (TPSA) is 105 Å². The van der Waals surface area contributed by atoms with E-state index in [1.165, 1.54) is 0 Å². The van der Waals surface area contributed by atoms with E-state index < -0.39 is 35.7 Å². The number of ether oxygens (including phenoxy) is 4. The van der Waals surface area contributed by atoms with Gasteiger partial charge in [-0.15, -0.1) is 0 Å². The van der Waals surface area contributed by atoms with E-state index in [4.69, 9.17) is 18.9 Å². The minimum absolute atomic E-state index is 0.00608. The smallest absolute Gasteiger partial charge is 0.335 e. The molecule has 8 nitrogen and oxygen atoms in total. The van der Waals surface area contributed by atoms with Crippen LogP contribution in [0.2, 0.25) is 0 Å². The summed E-state index contributed by atoms with van der Waals surface area (Å²) >= 11 is 0. The van der Waals surface area contributed by atoms with Crippen LogP contribution < -0.4 is 0 Å². The molecule has 0 N–H and O–H groups in total. The number of hydrogen-bond donors (Lipinski definition) is 0. The molecule has 6 atom stereocenters. The molecular formula is C29H48O8. The lowest BCUT2D eigenvalue weighted by atomic mass is 9.91. The molecule has 0 bridgehead atoms. The highest BCUT2D eigenvalue weighted by Crippen LogP contribution is 2.41. The highest BCUT2D eigenvalue weighted by molar-refractivity contribution is 6.07. The van der Waals surface area contributed by atoms with E-state index in [1.807, 2.05) is 55.4 Å². The number of esters is 4. The van der Waals surface area contributed by atoms with Gasteiger partial charge in [-0.25, -0.2) is 9.59 Å². The van der Waals surface area contributed by atoms with Crippen molar-refractivity contribution in [1.29, 1.82) is 0 Å². The Balaban J connectivity index is 3.40. The van der Waals surface area contributed by atoms with Crippen LogP contribution in [-0.4, -0.2) is 50.3 Å². The number of hydrogen-bond acceptors (Lipinski definition) is 8. The average Bonchev–Trinajstić information content (AvgIpc) is 3.31. The van der Waals surface area contributed by atoms with E-state index in [0.29, 0.717) is 0 Å². The standard InChI is InChI=1S/C29H48O8/c1-9-18(5)14-34-26(30)22-13-23(27(31)35-15-19(6)10-2)25(29(33)37-17-21(8)12-4)24(22)28(32)36-16-20(7)11-3/h18-22,24H,9-17H2,1-8H3. The summed E-state index contributed by atoms with van der Waals surface area (Å²) in [6, 6.07) is 0. The van der Waals surface area contributed by atoms with Crippen LogP contribution in [0.25, 0.3) is 0 Å². The maximum absolute atomic E-state index is 13.3. The molecule has 0 aromatic heterocycles. The van der Waals surface area contributed by atoms with Crippen molar-refractivity contribution in [3.8, 4) is 0 Å². The summed E-state index contributed by atoms with van der Waals surface area (Å²) in [5.41, 5.74) is -0.148. The lowest BCUT2D eigenvalue weighted by Crippen LogP contribution is -2.34. The molecule has 8 heteroatoms. The molecule has 37 heavy (non-hydrogen) atoms. The van der Waals surface area contributed by atoms with E-state index in [9.17, 15) is 19.2 Å². The van der Waals surface area contributed by atoms with Crippen molar-refractivity contribution < 1.29 is 38.1 Å². The number of rotatable bonds is 16. The normalized spacial score (nSPS) is 20.5. The number of carbonyl (C=O) groups is 4. The summed E-state index contributed by atoms with van der Waals surface area (Å²) in [5.74, 6) is -4.77. The monoisotopic (exact) mass is 524 g/mol. The Bertz CT molecular complexity index is 802. The van der Waals surface area contributed by atoms with Gasteiger partial charge in [-0.05, 0) is 30.1 Å². The van der Waals surface area contributed by atoms with Crippen LogP contribution in [0, 0.1) is 35.5 Å². The second kappa shape index (κ2) is 16.5. The minimum Gasteiger partial charge on any atom is -0.465 e. The zero-order chi connectivity index (χ0) is 28.1.